The molecule has 31 heavy (non-hydrogen) atoms. The van der Waals surface area contributed by atoms with Crippen molar-refractivity contribution in [3.63, 3.8) is 0 Å². The molecule has 0 aliphatic heterocycles. The smallest absolute Gasteiger partial charge is 0.255 e. The monoisotopic (exact) mass is 432 g/mol. The van der Waals surface area contributed by atoms with E-state index < -0.39 is 23.8 Å². The van der Waals surface area contributed by atoms with Gasteiger partial charge in [-0.1, -0.05) is 19.1 Å². The third-order valence-electron chi connectivity index (χ3n) is 5.89. The molecule has 0 amide bonds. The van der Waals surface area contributed by atoms with Gasteiger partial charge in [0.1, 0.15) is 17.6 Å². The quantitative estimate of drug-likeness (QED) is 0.589. The first kappa shape index (κ1) is 21.2. The summed E-state index contributed by atoms with van der Waals surface area (Å²) in [6.45, 7) is 3.76. The molecule has 1 unspecified atom stereocenters. The number of ether oxygens (including phenoxy) is 1. The number of rotatable bonds is 8. The summed E-state index contributed by atoms with van der Waals surface area (Å²) in [6.07, 6.45) is 1.60. The van der Waals surface area contributed by atoms with Gasteiger partial charge in [0, 0.05) is 30.1 Å². The van der Waals surface area contributed by atoms with Crippen molar-refractivity contribution in [1.82, 2.24) is 30.5 Å². The standard InChI is InChI=1S/C21H23F3N6O/c1-12-17(31-3)8-9-25-18(12)19(26-10-16-13(2)21(16,23)24)20-27-28-29-30(20)11-14-4-6-15(22)7-5-14/h4-9,13,16,19,26H,10-11H2,1-3H3/t13-,16-,19?/m1/s1. The topological polar surface area (TPSA) is 77.8 Å². The number of halogens is 3. The Morgan fingerprint density at radius 3 is 2.58 bits per heavy atom. The summed E-state index contributed by atoms with van der Waals surface area (Å²) < 4.78 is 47.9. The molecule has 2 aromatic heterocycles. The second-order valence-corrected chi connectivity index (χ2v) is 7.76. The molecule has 1 saturated carbocycles. The molecule has 1 aliphatic carbocycles. The predicted molar refractivity (Wildman–Crippen MR) is 106 cm³/mol. The van der Waals surface area contributed by atoms with Crippen LogP contribution in [0.15, 0.2) is 36.5 Å². The van der Waals surface area contributed by atoms with Gasteiger partial charge in [0.25, 0.3) is 5.92 Å². The van der Waals surface area contributed by atoms with E-state index in [1.165, 1.54) is 19.1 Å². The van der Waals surface area contributed by atoms with Crippen molar-refractivity contribution >= 4 is 0 Å². The molecular formula is C21H23F3N6O. The van der Waals surface area contributed by atoms with Crippen LogP contribution in [0.5, 0.6) is 5.75 Å². The fraction of sp³-hybridized carbons (Fsp3) is 0.429. The molecule has 2 heterocycles. The molecule has 3 atom stereocenters. The van der Waals surface area contributed by atoms with Crippen LogP contribution in [0.4, 0.5) is 13.2 Å². The molecule has 0 spiro atoms. The van der Waals surface area contributed by atoms with E-state index in [9.17, 15) is 13.2 Å². The summed E-state index contributed by atoms with van der Waals surface area (Å²) in [5, 5.41) is 15.2. The lowest BCUT2D eigenvalue weighted by Crippen LogP contribution is -2.30. The first-order valence-corrected chi connectivity index (χ1v) is 9.94. The maximum Gasteiger partial charge on any atom is 0.255 e. The summed E-state index contributed by atoms with van der Waals surface area (Å²) in [4.78, 5) is 4.47. The fourth-order valence-electron chi connectivity index (χ4n) is 3.77. The van der Waals surface area contributed by atoms with Gasteiger partial charge in [0.2, 0.25) is 0 Å². The first-order chi connectivity index (χ1) is 14.8. The van der Waals surface area contributed by atoms with Gasteiger partial charge < -0.3 is 10.1 Å². The van der Waals surface area contributed by atoms with Crippen molar-refractivity contribution in [1.29, 1.82) is 0 Å². The van der Waals surface area contributed by atoms with Gasteiger partial charge in [0.05, 0.1) is 19.3 Å². The number of hydrogen-bond acceptors (Lipinski definition) is 6. The highest BCUT2D eigenvalue weighted by atomic mass is 19.3. The van der Waals surface area contributed by atoms with Crippen molar-refractivity contribution in [2.75, 3.05) is 13.7 Å². The van der Waals surface area contributed by atoms with Crippen molar-refractivity contribution < 1.29 is 17.9 Å². The average molecular weight is 432 g/mol. The Hall–Kier alpha value is -3.01. The Balaban J connectivity index is 1.67. The third-order valence-corrected chi connectivity index (χ3v) is 5.89. The van der Waals surface area contributed by atoms with E-state index in [1.807, 2.05) is 6.92 Å². The number of alkyl halides is 2. The number of aromatic nitrogens is 5. The average Bonchev–Trinajstić information content (AvgIpc) is 3.06. The van der Waals surface area contributed by atoms with Gasteiger partial charge >= 0.3 is 0 Å². The molecular weight excluding hydrogens is 409 g/mol. The van der Waals surface area contributed by atoms with Crippen LogP contribution >= 0.6 is 0 Å². The minimum atomic E-state index is -2.69. The maximum absolute atomic E-state index is 13.8. The summed E-state index contributed by atoms with van der Waals surface area (Å²) in [6, 6.07) is 7.11. The molecule has 0 bridgehead atoms. The highest BCUT2D eigenvalue weighted by Crippen LogP contribution is 2.54. The Bertz CT molecular complexity index is 1060. The highest BCUT2D eigenvalue weighted by Gasteiger charge is 2.64. The molecule has 4 rings (SSSR count). The fourth-order valence-corrected chi connectivity index (χ4v) is 3.77. The van der Waals surface area contributed by atoms with Gasteiger partial charge in [-0.2, -0.15) is 0 Å². The molecule has 1 aliphatic rings. The van der Waals surface area contributed by atoms with Crippen LogP contribution in [0.1, 0.15) is 35.6 Å². The number of nitrogens with one attached hydrogen (secondary N) is 1. The van der Waals surface area contributed by atoms with Gasteiger partial charge in [-0.3, -0.25) is 4.98 Å². The number of nitrogens with zero attached hydrogens (tertiary/aromatic N) is 5. The lowest BCUT2D eigenvalue weighted by Gasteiger charge is -2.20. The number of methoxy groups -OCH3 is 1. The van der Waals surface area contributed by atoms with Crippen LogP contribution in [0.3, 0.4) is 0 Å². The third kappa shape index (κ3) is 4.12. The molecule has 0 radical (unpaired) electrons. The molecule has 7 nitrogen and oxygen atoms in total. The number of benzene rings is 1. The highest BCUT2D eigenvalue weighted by molar-refractivity contribution is 5.38. The van der Waals surface area contributed by atoms with Crippen molar-refractivity contribution in [2.45, 2.75) is 32.4 Å². The van der Waals surface area contributed by atoms with Crippen LogP contribution < -0.4 is 10.1 Å². The van der Waals surface area contributed by atoms with E-state index in [-0.39, 0.29) is 12.4 Å². The van der Waals surface area contributed by atoms with E-state index in [0.29, 0.717) is 23.8 Å². The largest absolute Gasteiger partial charge is 0.496 e. The molecule has 0 saturated heterocycles. The van der Waals surface area contributed by atoms with Crippen LogP contribution in [-0.4, -0.2) is 44.8 Å². The van der Waals surface area contributed by atoms with Gasteiger partial charge in [-0.05, 0) is 41.1 Å². The maximum atomic E-state index is 13.8. The number of tetrazole rings is 1. The molecule has 10 heteroatoms. The van der Waals surface area contributed by atoms with E-state index in [0.717, 1.165) is 11.1 Å². The molecule has 1 N–H and O–H groups in total. The van der Waals surface area contributed by atoms with Gasteiger partial charge in [0.15, 0.2) is 5.82 Å². The summed E-state index contributed by atoms with van der Waals surface area (Å²) in [7, 11) is 1.56. The summed E-state index contributed by atoms with van der Waals surface area (Å²) in [5.74, 6) is -3.42. The lowest BCUT2D eigenvalue weighted by molar-refractivity contribution is 0.0860. The van der Waals surface area contributed by atoms with E-state index in [2.05, 4.69) is 25.8 Å². The Labute approximate surface area is 177 Å². The molecule has 1 fully saturated rings. The zero-order valence-corrected chi connectivity index (χ0v) is 17.4. The SMILES string of the molecule is COc1ccnc(C(NC[C@@H]2[C@@H](C)C2(F)F)c2nnnn2Cc2ccc(F)cc2)c1C. The van der Waals surface area contributed by atoms with Crippen LogP contribution in [0, 0.1) is 24.6 Å². The molecule has 1 aromatic carbocycles. The van der Waals surface area contributed by atoms with Crippen molar-refractivity contribution in [2.24, 2.45) is 11.8 Å². The molecule has 3 aromatic rings. The Morgan fingerprint density at radius 2 is 1.94 bits per heavy atom. The van der Waals surface area contributed by atoms with Crippen LogP contribution in [0.2, 0.25) is 0 Å². The summed E-state index contributed by atoms with van der Waals surface area (Å²) >= 11 is 0. The van der Waals surface area contributed by atoms with Crippen molar-refractivity contribution in [3.8, 4) is 5.75 Å². The second kappa shape index (κ2) is 8.26. The predicted octanol–water partition coefficient (Wildman–Crippen LogP) is 3.15. The number of pyridine rings is 1. The zero-order valence-electron chi connectivity index (χ0n) is 17.4. The summed E-state index contributed by atoms with van der Waals surface area (Å²) in [5.41, 5.74) is 2.15. The van der Waals surface area contributed by atoms with Crippen molar-refractivity contribution in [3.05, 3.63) is 65.0 Å². The van der Waals surface area contributed by atoms with E-state index in [4.69, 9.17) is 4.74 Å². The van der Waals surface area contributed by atoms with Crippen LogP contribution in [0.25, 0.3) is 0 Å². The Morgan fingerprint density at radius 1 is 1.23 bits per heavy atom. The van der Waals surface area contributed by atoms with Gasteiger partial charge in [-0.25, -0.2) is 17.9 Å². The van der Waals surface area contributed by atoms with E-state index in [1.54, 1.807) is 36.2 Å². The zero-order chi connectivity index (χ0) is 22.2. The number of hydrogen-bond donors (Lipinski definition) is 1. The normalized spacial score (nSPS) is 20.5. The van der Waals surface area contributed by atoms with Crippen LogP contribution in [-0.2, 0) is 6.54 Å². The van der Waals surface area contributed by atoms with E-state index >= 15 is 0 Å². The molecule has 164 valence electrons. The van der Waals surface area contributed by atoms with Gasteiger partial charge in [-0.15, -0.1) is 5.10 Å². The second-order valence-electron chi connectivity index (χ2n) is 7.76. The minimum absolute atomic E-state index is 0.0839. The minimum Gasteiger partial charge on any atom is -0.496 e. The lowest BCUT2D eigenvalue weighted by atomic mass is 10.1. The first-order valence-electron chi connectivity index (χ1n) is 9.94. The Kier molecular flexibility index (Phi) is 5.65.